The number of nitrogens with zero attached hydrogens (tertiary/aromatic N) is 2. The summed E-state index contributed by atoms with van der Waals surface area (Å²) in [5.74, 6) is 2.25. The van der Waals surface area contributed by atoms with Crippen molar-refractivity contribution in [2.45, 2.75) is 32.7 Å². The molecule has 0 fully saturated rings. The van der Waals surface area contributed by atoms with Crippen LogP contribution in [0.25, 0.3) is 0 Å². The van der Waals surface area contributed by atoms with Crippen molar-refractivity contribution in [3.63, 3.8) is 0 Å². The SMILES string of the molecule is CN1c2ccccc2Sc2cc(CNCCSCCNCc3ccc4c(c3)Sc3ccccc3N4C)ccc21.Cl. The van der Waals surface area contributed by atoms with Gasteiger partial charge in [0.2, 0.25) is 0 Å². The van der Waals surface area contributed by atoms with Gasteiger partial charge in [0.05, 0.1) is 22.7 Å². The number of hydrogen-bond acceptors (Lipinski definition) is 7. The molecule has 4 aromatic rings. The fraction of sp³-hybridized carbons (Fsp3) is 0.250. The minimum absolute atomic E-state index is 0. The fourth-order valence-electron chi connectivity index (χ4n) is 5.05. The highest BCUT2D eigenvalue weighted by Crippen LogP contribution is 2.48. The Labute approximate surface area is 257 Å². The van der Waals surface area contributed by atoms with Crippen molar-refractivity contribution in [3.8, 4) is 0 Å². The van der Waals surface area contributed by atoms with E-state index in [1.54, 1.807) is 0 Å². The highest BCUT2D eigenvalue weighted by molar-refractivity contribution is 8.00. The lowest BCUT2D eigenvalue weighted by Gasteiger charge is -2.29. The van der Waals surface area contributed by atoms with Gasteiger partial charge in [-0.15, -0.1) is 12.4 Å². The zero-order valence-electron chi connectivity index (χ0n) is 22.9. The Morgan fingerprint density at radius 3 is 1.48 bits per heavy atom. The van der Waals surface area contributed by atoms with Crippen molar-refractivity contribution in [2.75, 3.05) is 48.5 Å². The van der Waals surface area contributed by atoms with E-state index < -0.39 is 0 Å². The summed E-state index contributed by atoms with van der Waals surface area (Å²) in [4.78, 5) is 9.92. The number of hydrogen-bond donors (Lipinski definition) is 2. The van der Waals surface area contributed by atoms with E-state index in [1.807, 2.05) is 35.3 Å². The summed E-state index contributed by atoms with van der Waals surface area (Å²) in [6.45, 7) is 3.87. The number of para-hydroxylation sites is 2. The van der Waals surface area contributed by atoms with Crippen LogP contribution in [0.3, 0.4) is 0 Å². The molecule has 0 aromatic heterocycles. The van der Waals surface area contributed by atoms with E-state index in [2.05, 4.69) is 119 Å². The summed E-state index contributed by atoms with van der Waals surface area (Å²) >= 11 is 5.76. The number of halogens is 1. The van der Waals surface area contributed by atoms with Gasteiger partial charge in [-0.3, -0.25) is 0 Å². The van der Waals surface area contributed by atoms with Gasteiger partial charge in [-0.2, -0.15) is 11.8 Å². The van der Waals surface area contributed by atoms with Crippen LogP contribution in [0.2, 0.25) is 0 Å². The van der Waals surface area contributed by atoms with E-state index in [0.29, 0.717) is 0 Å². The molecule has 2 aliphatic heterocycles. The van der Waals surface area contributed by atoms with Crippen LogP contribution in [-0.2, 0) is 13.1 Å². The largest absolute Gasteiger partial charge is 0.343 e. The molecule has 0 bridgehead atoms. The molecule has 0 saturated carbocycles. The van der Waals surface area contributed by atoms with Gasteiger partial charge < -0.3 is 20.4 Å². The van der Waals surface area contributed by atoms with Gasteiger partial charge in [0.15, 0.2) is 0 Å². The van der Waals surface area contributed by atoms with Gasteiger partial charge in [-0.1, -0.05) is 59.9 Å². The zero-order valence-corrected chi connectivity index (χ0v) is 26.1. The standard InChI is InChI=1S/C32H34N4S3.ClH/c1-35-25-7-3-5-9-29(25)38-31-19-23(11-13-27(31)35)21-33-15-17-37-18-16-34-22-24-12-14-28-32(20-24)39-30-10-6-4-8-26(30)36(28)2;/h3-14,19-20,33-34H,15-18,21-22H2,1-2H3;1H. The average molecular weight is 607 g/mol. The molecule has 2 N–H and O–H groups in total. The quantitative estimate of drug-likeness (QED) is 0.176. The zero-order chi connectivity index (χ0) is 26.6. The van der Waals surface area contributed by atoms with Gasteiger partial charge in [0.25, 0.3) is 0 Å². The topological polar surface area (TPSA) is 30.5 Å². The minimum Gasteiger partial charge on any atom is -0.343 e. The maximum absolute atomic E-state index is 3.62. The Kier molecular flexibility index (Phi) is 9.94. The first kappa shape index (κ1) is 29.2. The van der Waals surface area contributed by atoms with E-state index in [1.165, 1.54) is 53.5 Å². The van der Waals surface area contributed by atoms with Crippen molar-refractivity contribution in [1.82, 2.24) is 10.6 Å². The third-order valence-corrected chi connectivity index (χ3v) is 10.4. The van der Waals surface area contributed by atoms with Crippen LogP contribution in [0.15, 0.2) is 105 Å². The van der Waals surface area contributed by atoms with Crippen molar-refractivity contribution in [2.24, 2.45) is 0 Å². The van der Waals surface area contributed by atoms with E-state index in [0.717, 1.165) is 37.7 Å². The second kappa shape index (κ2) is 13.6. The molecule has 6 rings (SSSR count). The van der Waals surface area contributed by atoms with E-state index >= 15 is 0 Å². The molecule has 2 aliphatic rings. The lowest BCUT2D eigenvalue weighted by atomic mass is 10.1. The molecule has 0 saturated heterocycles. The third-order valence-electron chi connectivity index (χ3n) is 7.17. The Bertz CT molecular complexity index is 1360. The number of nitrogens with one attached hydrogen (secondary N) is 2. The van der Waals surface area contributed by atoms with E-state index in [-0.39, 0.29) is 12.4 Å². The molecular weight excluding hydrogens is 572 g/mol. The monoisotopic (exact) mass is 606 g/mol. The number of thioether (sulfide) groups is 1. The van der Waals surface area contributed by atoms with Crippen LogP contribution in [0.1, 0.15) is 11.1 Å². The van der Waals surface area contributed by atoms with Crippen LogP contribution in [-0.4, -0.2) is 38.7 Å². The summed E-state index contributed by atoms with van der Waals surface area (Å²) < 4.78 is 0. The average Bonchev–Trinajstić information content (AvgIpc) is 2.96. The lowest BCUT2D eigenvalue weighted by Crippen LogP contribution is -2.20. The number of fused-ring (bicyclic) bond motifs is 4. The third kappa shape index (κ3) is 6.46. The van der Waals surface area contributed by atoms with Crippen molar-refractivity contribution in [1.29, 1.82) is 0 Å². The second-order valence-electron chi connectivity index (χ2n) is 9.83. The summed E-state index contributed by atoms with van der Waals surface area (Å²) in [5, 5.41) is 7.25. The van der Waals surface area contributed by atoms with Crippen LogP contribution in [0.5, 0.6) is 0 Å². The molecule has 2 heterocycles. The van der Waals surface area contributed by atoms with Crippen molar-refractivity contribution in [3.05, 3.63) is 96.1 Å². The molecule has 208 valence electrons. The predicted octanol–water partition coefficient (Wildman–Crippen LogP) is 8.19. The van der Waals surface area contributed by atoms with Crippen molar-refractivity contribution < 1.29 is 0 Å². The van der Waals surface area contributed by atoms with Gasteiger partial charge in [-0.25, -0.2) is 0 Å². The van der Waals surface area contributed by atoms with E-state index in [9.17, 15) is 0 Å². The fourth-order valence-corrected chi connectivity index (χ4v) is 8.26. The highest BCUT2D eigenvalue weighted by atomic mass is 35.5. The van der Waals surface area contributed by atoms with Crippen LogP contribution >= 0.6 is 47.7 Å². The first-order chi connectivity index (χ1) is 19.2. The highest BCUT2D eigenvalue weighted by Gasteiger charge is 2.21. The molecule has 0 aliphatic carbocycles. The summed E-state index contributed by atoms with van der Waals surface area (Å²) in [6.07, 6.45) is 0. The summed E-state index contributed by atoms with van der Waals surface area (Å²) in [6, 6.07) is 31.0. The predicted molar refractivity (Wildman–Crippen MR) is 178 cm³/mol. The smallest absolute Gasteiger partial charge is 0.0550 e. The maximum Gasteiger partial charge on any atom is 0.0550 e. The molecular formula is C32H35ClN4S3. The summed E-state index contributed by atoms with van der Waals surface area (Å²) in [7, 11) is 4.32. The van der Waals surface area contributed by atoms with Gasteiger partial charge in [0.1, 0.15) is 0 Å². The minimum atomic E-state index is 0. The first-order valence-electron chi connectivity index (χ1n) is 13.4. The molecule has 4 nitrogen and oxygen atoms in total. The Hall–Kier alpha value is -2.26. The Balaban J connectivity index is 0.00000323. The van der Waals surface area contributed by atoms with Gasteiger partial charge >= 0.3 is 0 Å². The number of anilines is 4. The molecule has 0 spiro atoms. The molecule has 0 unspecified atom stereocenters. The van der Waals surface area contributed by atoms with Gasteiger partial charge in [0, 0.05) is 71.4 Å². The normalized spacial score (nSPS) is 13.2. The second-order valence-corrected chi connectivity index (χ2v) is 13.2. The molecule has 0 atom stereocenters. The van der Waals surface area contributed by atoms with Crippen LogP contribution < -0.4 is 20.4 Å². The van der Waals surface area contributed by atoms with Crippen LogP contribution in [0.4, 0.5) is 22.7 Å². The maximum atomic E-state index is 3.62. The number of benzene rings is 4. The Morgan fingerprint density at radius 1 is 0.575 bits per heavy atom. The molecule has 8 heteroatoms. The number of rotatable bonds is 10. The molecule has 40 heavy (non-hydrogen) atoms. The van der Waals surface area contributed by atoms with Gasteiger partial charge in [-0.05, 0) is 59.7 Å². The Morgan fingerprint density at radius 2 is 1.00 bits per heavy atom. The van der Waals surface area contributed by atoms with E-state index in [4.69, 9.17) is 0 Å². The molecule has 0 radical (unpaired) electrons. The molecule has 4 aromatic carbocycles. The first-order valence-corrected chi connectivity index (χ1v) is 16.2. The van der Waals surface area contributed by atoms with Crippen molar-refractivity contribution >= 4 is 70.4 Å². The summed E-state index contributed by atoms with van der Waals surface area (Å²) in [5.41, 5.74) is 7.84. The lowest BCUT2D eigenvalue weighted by molar-refractivity contribution is 0.723. The molecule has 0 amide bonds. The van der Waals surface area contributed by atoms with Crippen LogP contribution in [0, 0.1) is 0 Å².